The summed E-state index contributed by atoms with van der Waals surface area (Å²) >= 11 is 0. The predicted molar refractivity (Wildman–Crippen MR) is 61.1 cm³/mol. The maximum atomic E-state index is 9.75. The van der Waals surface area contributed by atoms with E-state index in [0.29, 0.717) is 5.54 Å². The summed E-state index contributed by atoms with van der Waals surface area (Å²) in [6, 6.07) is 0. The van der Waals surface area contributed by atoms with Gasteiger partial charge in [-0.2, -0.15) is 0 Å². The van der Waals surface area contributed by atoms with Crippen LogP contribution in [0.25, 0.3) is 0 Å². The average molecular weight is 245 g/mol. The van der Waals surface area contributed by atoms with Gasteiger partial charge in [0.25, 0.3) is 0 Å². The van der Waals surface area contributed by atoms with Crippen LogP contribution in [0.1, 0.15) is 41.5 Å². The van der Waals surface area contributed by atoms with Gasteiger partial charge in [0, 0.05) is 5.92 Å². The molecule has 6 heteroatoms. The Labute approximate surface area is 96.3 Å². The lowest BCUT2D eigenvalue weighted by Gasteiger charge is -2.37. The monoisotopic (exact) mass is 245 g/mol. The molecule has 0 aliphatic rings. The standard InChI is InChI=1S/C10H23N.BF4/c1-7-11(8-2)10(5,6)9(3)4;2-1(3,4)5/h9H,7-8H2,1-6H3;/q;-1/p+1. The van der Waals surface area contributed by atoms with Gasteiger partial charge in [-0.05, 0) is 27.7 Å². The summed E-state index contributed by atoms with van der Waals surface area (Å²) in [5.41, 5.74) is 0.434. The Morgan fingerprint density at radius 3 is 1.31 bits per heavy atom. The van der Waals surface area contributed by atoms with Crippen LogP contribution in [0.15, 0.2) is 0 Å². The number of hydrogen-bond acceptors (Lipinski definition) is 0. The van der Waals surface area contributed by atoms with Crippen molar-refractivity contribution in [3.05, 3.63) is 0 Å². The molecule has 0 saturated heterocycles. The van der Waals surface area contributed by atoms with Crippen LogP contribution in [-0.2, 0) is 0 Å². The van der Waals surface area contributed by atoms with E-state index in [0.717, 1.165) is 5.92 Å². The zero-order valence-electron chi connectivity index (χ0n) is 11.1. The first-order chi connectivity index (χ1) is 6.96. The second-order valence-corrected chi connectivity index (χ2v) is 4.68. The van der Waals surface area contributed by atoms with Crippen LogP contribution < -0.4 is 4.90 Å². The Kier molecular flexibility index (Phi) is 8.09. The van der Waals surface area contributed by atoms with Crippen molar-refractivity contribution in [3.8, 4) is 0 Å². The highest BCUT2D eigenvalue weighted by atomic mass is 19.5. The molecular weight excluding hydrogens is 221 g/mol. The van der Waals surface area contributed by atoms with Gasteiger partial charge in [0.15, 0.2) is 0 Å². The maximum absolute atomic E-state index is 9.75. The summed E-state index contributed by atoms with van der Waals surface area (Å²) in [5, 5.41) is 0. The lowest BCUT2D eigenvalue weighted by molar-refractivity contribution is -0.949. The van der Waals surface area contributed by atoms with Gasteiger partial charge in [-0.3, -0.25) is 0 Å². The molecule has 0 aromatic rings. The first kappa shape index (κ1) is 18.1. The highest BCUT2D eigenvalue weighted by molar-refractivity contribution is 6.50. The molecule has 0 atom stereocenters. The van der Waals surface area contributed by atoms with Gasteiger partial charge in [-0.1, -0.05) is 13.8 Å². The molecule has 0 saturated carbocycles. The molecule has 0 heterocycles. The summed E-state index contributed by atoms with van der Waals surface area (Å²) in [7, 11) is -6.00. The summed E-state index contributed by atoms with van der Waals surface area (Å²) in [6.07, 6.45) is 0. The molecule has 0 fully saturated rings. The molecular formula is C10H24BF4N. The van der Waals surface area contributed by atoms with Crippen molar-refractivity contribution in [2.75, 3.05) is 13.1 Å². The first-order valence-corrected chi connectivity index (χ1v) is 5.69. The van der Waals surface area contributed by atoms with Gasteiger partial charge in [0.1, 0.15) is 0 Å². The Morgan fingerprint density at radius 2 is 1.25 bits per heavy atom. The normalized spacial score (nSPS) is 12.8. The quantitative estimate of drug-likeness (QED) is 0.573. The van der Waals surface area contributed by atoms with Crippen molar-refractivity contribution in [1.29, 1.82) is 0 Å². The highest BCUT2D eigenvalue weighted by Gasteiger charge is 2.31. The molecule has 0 aromatic carbocycles. The van der Waals surface area contributed by atoms with E-state index in [1.807, 2.05) is 0 Å². The molecule has 0 spiro atoms. The van der Waals surface area contributed by atoms with Crippen LogP contribution in [0.5, 0.6) is 0 Å². The van der Waals surface area contributed by atoms with Crippen LogP contribution in [0, 0.1) is 5.92 Å². The maximum Gasteiger partial charge on any atom is 0.673 e. The molecule has 1 N–H and O–H groups in total. The lowest BCUT2D eigenvalue weighted by atomic mass is 9.89. The second-order valence-electron chi connectivity index (χ2n) is 4.68. The van der Waals surface area contributed by atoms with E-state index < -0.39 is 7.25 Å². The molecule has 0 radical (unpaired) electrons. The van der Waals surface area contributed by atoms with E-state index in [-0.39, 0.29) is 0 Å². The van der Waals surface area contributed by atoms with Crippen LogP contribution in [0.3, 0.4) is 0 Å². The topological polar surface area (TPSA) is 4.44 Å². The lowest BCUT2D eigenvalue weighted by Crippen LogP contribution is -3.19. The third-order valence-corrected chi connectivity index (χ3v) is 3.21. The fraction of sp³-hybridized carbons (Fsp3) is 1.00. The molecule has 0 rings (SSSR count). The van der Waals surface area contributed by atoms with Gasteiger partial charge < -0.3 is 22.2 Å². The van der Waals surface area contributed by atoms with Crippen molar-refractivity contribution >= 4 is 7.25 Å². The highest BCUT2D eigenvalue weighted by Crippen LogP contribution is 2.10. The SMILES string of the molecule is CC[NH+](CC)C(C)(C)C(C)C.F[B-](F)(F)F. The fourth-order valence-corrected chi connectivity index (χ4v) is 1.57. The molecule has 0 aromatic heterocycles. The molecule has 16 heavy (non-hydrogen) atoms. The minimum absolute atomic E-state index is 0.434. The minimum Gasteiger partial charge on any atom is -0.418 e. The van der Waals surface area contributed by atoms with E-state index in [1.54, 1.807) is 4.90 Å². The summed E-state index contributed by atoms with van der Waals surface area (Å²) in [6.45, 7) is 16.4. The number of quaternary nitrogens is 1. The van der Waals surface area contributed by atoms with Gasteiger partial charge in [-0.25, -0.2) is 0 Å². The molecule has 0 bridgehead atoms. The Hall–Kier alpha value is -0.255. The average Bonchev–Trinajstić information content (AvgIpc) is 2.02. The van der Waals surface area contributed by atoms with E-state index in [2.05, 4.69) is 41.5 Å². The van der Waals surface area contributed by atoms with Gasteiger partial charge in [0.2, 0.25) is 0 Å². The van der Waals surface area contributed by atoms with Crippen molar-refractivity contribution in [2.45, 2.75) is 47.1 Å². The molecule has 1 nitrogen and oxygen atoms in total. The smallest absolute Gasteiger partial charge is 0.418 e. The molecule has 0 aliphatic heterocycles. The van der Waals surface area contributed by atoms with E-state index in [1.165, 1.54) is 13.1 Å². The Bertz CT molecular complexity index is 170. The van der Waals surface area contributed by atoms with Gasteiger partial charge in [-0.15, -0.1) is 0 Å². The zero-order chi connectivity index (χ0) is 13.6. The molecule has 0 aliphatic carbocycles. The summed E-state index contributed by atoms with van der Waals surface area (Å²) in [5.74, 6) is 0.761. The third-order valence-electron chi connectivity index (χ3n) is 3.21. The first-order valence-electron chi connectivity index (χ1n) is 5.69. The van der Waals surface area contributed by atoms with Crippen molar-refractivity contribution in [3.63, 3.8) is 0 Å². The summed E-state index contributed by atoms with van der Waals surface area (Å²) in [4.78, 5) is 1.70. The van der Waals surface area contributed by atoms with Gasteiger partial charge >= 0.3 is 7.25 Å². The Morgan fingerprint density at radius 1 is 1.00 bits per heavy atom. The largest absolute Gasteiger partial charge is 0.673 e. The predicted octanol–water partition coefficient (Wildman–Crippen LogP) is 2.65. The van der Waals surface area contributed by atoms with Crippen molar-refractivity contribution < 1.29 is 22.2 Å². The van der Waals surface area contributed by atoms with Crippen molar-refractivity contribution in [1.82, 2.24) is 0 Å². The Balaban J connectivity index is 0. The number of hydrogen-bond donors (Lipinski definition) is 1. The molecule has 100 valence electrons. The molecule has 0 amide bonds. The van der Waals surface area contributed by atoms with Gasteiger partial charge in [0.05, 0.1) is 18.6 Å². The van der Waals surface area contributed by atoms with Crippen LogP contribution in [-0.4, -0.2) is 25.9 Å². The number of rotatable bonds is 4. The van der Waals surface area contributed by atoms with E-state index >= 15 is 0 Å². The summed E-state index contributed by atoms with van der Waals surface area (Å²) < 4.78 is 39.0. The fourth-order valence-electron chi connectivity index (χ4n) is 1.57. The third kappa shape index (κ3) is 9.01. The zero-order valence-corrected chi connectivity index (χ0v) is 11.1. The van der Waals surface area contributed by atoms with E-state index in [9.17, 15) is 17.3 Å². The number of halogens is 4. The minimum atomic E-state index is -6.00. The van der Waals surface area contributed by atoms with Crippen LogP contribution >= 0.6 is 0 Å². The van der Waals surface area contributed by atoms with Crippen LogP contribution in [0.2, 0.25) is 0 Å². The second kappa shape index (κ2) is 7.15. The van der Waals surface area contributed by atoms with E-state index in [4.69, 9.17) is 0 Å². The van der Waals surface area contributed by atoms with Crippen LogP contribution in [0.4, 0.5) is 17.3 Å². The number of nitrogens with one attached hydrogen (secondary N) is 1. The molecule has 0 unspecified atom stereocenters. The van der Waals surface area contributed by atoms with Crippen molar-refractivity contribution in [2.24, 2.45) is 5.92 Å².